The Bertz CT molecular complexity index is 662. The molecular weight excluding hydrogens is 288 g/mol. The van der Waals surface area contributed by atoms with Crippen molar-refractivity contribution >= 4 is 16.8 Å². The molecule has 0 aliphatic carbocycles. The maximum Gasteiger partial charge on any atom is 0.318 e. The summed E-state index contributed by atoms with van der Waals surface area (Å²) in [6, 6.07) is 14.4. The third-order valence-corrected chi connectivity index (χ3v) is 4.12. The topological polar surface area (TPSA) is 41.6 Å². The van der Waals surface area contributed by atoms with Gasteiger partial charge in [0.2, 0.25) is 0 Å². The zero-order valence-corrected chi connectivity index (χ0v) is 14.4. The van der Waals surface area contributed by atoms with Crippen LogP contribution in [-0.4, -0.2) is 37.7 Å². The van der Waals surface area contributed by atoms with Crippen molar-refractivity contribution in [3.63, 3.8) is 0 Å². The lowest BCUT2D eigenvalue weighted by Crippen LogP contribution is -2.49. The van der Waals surface area contributed by atoms with E-state index in [0.717, 1.165) is 5.56 Å². The minimum absolute atomic E-state index is 0.0671. The second kappa shape index (κ2) is 7.47. The van der Waals surface area contributed by atoms with Crippen LogP contribution in [0, 0.1) is 0 Å². The largest absolute Gasteiger partial charge is 0.383 e. The SMILES string of the molecule is CCN(CCOC)C(=O)NC(C)(C)c1cccc2ccccc12. The minimum atomic E-state index is -0.460. The highest BCUT2D eigenvalue weighted by Crippen LogP contribution is 2.28. The van der Waals surface area contributed by atoms with Crippen molar-refractivity contribution < 1.29 is 9.53 Å². The van der Waals surface area contributed by atoms with Gasteiger partial charge in [-0.3, -0.25) is 0 Å². The number of likely N-dealkylation sites (N-methyl/N-ethyl adjacent to an activating group) is 1. The molecule has 0 unspecified atom stereocenters. The number of carbonyl (C=O) groups is 1. The molecule has 23 heavy (non-hydrogen) atoms. The highest BCUT2D eigenvalue weighted by Gasteiger charge is 2.26. The second-order valence-corrected chi connectivity index (χ2v) is 6.15. The van der Waals surface area contributed by atoms with Gasteiger partial charge in [-0.1, -0.05) is 42.5 Å². The molecule has 0 heterocycles. The van der Waals surface area contributed by atoms with Gasteiger partial charge in [-0.2, -0.15) is 0 Å². The summed E-state index contributed by atoms with van der Waals surface area (Å²) >= 11 is 0. The summed E-state index contributed by atoms with van der Waals surface area (Å²) in [7, 11) is 1.64. The molecule has 0 atom stereocenters. The van der Waals surface area contributed by atoms with Gasteiger partial charge in [-0.05, 0) is 37.1 Å². The monoisotopic (exact) mass is 314 g/mol. The van der Waals surface area contributed by atoms with Crippen LogP contribution in [0.25, 0.3) is 10.8 Å². The van der Waals surface area contributed by atoms with Crippen LogP contribution < -0.4 is 5.32 Å². The number of carbonyl (C=O) groups excluding carboxylic acids is 1. The fraction of sp³-hybridized carbons (Fsp3) is 0.421. The van der Waals surface area contributed by atoms with E-state index in [2.05, 4.69) is 29.6 Å². The molecule has 2 amide bonds. The molecule has 0 bridgehead atoms. The Morgan fingerprint density at radius 2 is 1.87 bits per heavy atom. The van der Waals surface area contributed by atoms with Crippen LogP contribution in [0.2, 0.25) is 0 Å². The summed E-state index contributed by atoms with van der Waals surface area (Å²) in [5, 5.41) is 5.50. The Kier molecular flexibility index (Phi) is 5.61. The van der Waals surface area contributed by atoms with Crippen LogP contribution in [-0.2, 0) is 10.3 Å². The first-order valence-corrected chi connectivity index (χ1v) is 8.04. The molecule has 1 N–H and O–H groups in total. The Balaban J connectivity index is 2.24. The van der Waals surface area contributed by atoms with Crippen LogP contribution >= 0.6 is 0 Å². The van der Waals surface area contributed by atoms with Gasteiger partial charge in [-0.15, -0.1) is 0 Å². The van der Waals surface area contributed by atoms with Crippen LogP contribution in [0.4, 0.5) is 4.79 Å². The molecule has 124 valence electrons. The number of rotatable bonds is 6. The van der Waals surface area contributed by atoms with Crippen molar-refractivity contribution in [2.24, 2.45) is 0 Å². The number of ether oxygens (including phenoxy) is 1. The summed E-state index contributed by atoms with van der Waals surface area (Å²) in [5.74, 6) is 0. The molecule has 0 radical (unpaired) electrons. The smallest absolute Gasteiger partial charge is 0.318 e. The van der Waals surface area contributed by atoms with Crippen LogP contribution in [0.3, 0.4) is 0 Å². The lowest BCUT2D eigenvalue weighted by molar-refractivity contribution is 0.147. The predicted molar refractivity (Wildman–Crippen MR) is 94.6 cm³/mol. The number of nitrogens with one attached hydrogen (secondary N) is 1. The van der Waals surface area contributed by atoms with E-state index < -0.39 is 5.54 Å². The number of benzene rings is 2. The highest BCUT2D eigenvalue weighted by molar-refractivity contribution is 5.87. The van der Waals surface area contributed by atoms with E-state index in [1.54, 1.807) is 12.0 Å². The summed E-state index contributed by atoms with van der Waals surface area (Å²) in [6.45, 7) is 7.83. The molecule has 0 fully saturated rings. The van der Waals surface area contributed by atoms with Crippen LogP contribution in [0.5, 0.6) is 0 Å². The number of hydrogen-bond acceptors (Lipinski definition) is 2. The van der Waals surface area contributed by atoms with Gasteiger partial charge >= 0.3 is 6.03 Å². The Morgan fingerprint density at radius 3 is 2.57 bits per heavy atom. The van der Waals surface area contributed by atoms with Crippen molar-refractivity contribution in [2.75, 3.05) is 26.8 Å². The first kappa shape index (κ1) is 17.3. The molecule has 2 aromatic carbocycles. The van der Waals surface area contributed by atoms with Gasteiger partial charge < -0.3 is 15.0 Å². The van der Waals surface area contributed by atoms with Crippen molar-refractivity contribution in [1.29, 1.82) is 0 Å². The zero-order valence-electron chi connectivity index (χ0n) is 14.4. The number of fused-ring (bicyclic) bond motifs is 1. The second-order valence-electron chi connectivity index (χ2n) is 6.15. The normalized spacial score (nSPS) is 11.5. The molecule has 0 aliphatic heterocycles. The van der Waals surface area contributed by atoms with Crippen molar-refractivity contribution in [3.05, 3.63) is 48.0 Å². The first-order valence-electron chi connectivity index (χ1n) is 8.04. The fourth-order valence-electron chi connectivity index (χ4n) is 2.79. The summed E-state index contributed by atoms with van der Waals surface area (Å²) in [6.07, 6.45) is 0. The van der Waals surface area contributed by atoms with E-state index in [1.165, 1.54) is 10.8 Å². The molecular formula is C19H26N2O2. The summed E-state index contributed by atoms with van der Waals surface area (Å²) in [5.41, 5.74) is 0.657. The number of methoxy groups -OCH3 is 1. The van der Waals surface area contributed by atoms with Crippen LogP contribution in [0.1, 0.15) is 26.3 Å². The Hall–Kier alpha value is -2.07. The van der Waals surface area contributed by atoms with Crippen LogP contribution in [0.15, 0.2) is 42.5 Å². The Morgan fingerprint density at radius 1 is 1.17 bits per heavy atom. The van der Waals surface area contributed by atoms with Gasteiger partial charge in [-0.25, -0.2) is 4.79 Å². The summed E-state index contributed by atoms with van der Waals surface area (Å²) < 4.78 is 5.08. The molecule has 0 aliphatic rings. The van der Waals surface area contributed by atoms with E-state index in [0.29, 0.717) is 19.7 Å². The Labute approximate surface area is 138 Å². The van der Waals surface area contributed by atoms with Gasteiger partial charge in [0.1, 0.15) is 0 Å². The highest BCUT2D eigenvalue weighted by atomic mass is 16.5. The molecule has 0 aromatic heterocycles. The average molecular weight is 314 g/mol. The molecule has 2 aromatic rings. The molecule has 0 saturated heterocycles. The predicted octanol–water partition coefficient (Wildman–Crippen LogP) is 3.75. The number of amides is 2. The van der Waals surface area contributed by atoms with E-state index in [1.807, 2.05) is 39.0 Å². The number of nitrogens with zero attached hydrogens (tertiary/aromatic N) is 1. The number of urea groups is 1. The van der Waals surface area contributed by atoms with Crippen molar-refractivity contribution in [2.45, 2.75) is 26.3 Å². The third-order valence-electron chi connectivity index (χ3n) is 4.12. The lowest BCUT2D eigenvalue weighted by atomic mass is 9.89. The first-order chi connectivity index (χ1) is 11.0. The summed E-state index contributed by atoms with van der Waals surface area (Å²) in [4.78, 5) is 14.3. The average Bonchev–Trinajstić information content (AvgIpc) is 2.54. The van der Waals surface area contributed by atoms with Gasteiger partial charge in [0.15, 0.2) is 0 Å². The fourth-order valence-corrected chi connectivity index (χ4v) is 2.79. The number of hydrogen-bond donors (Lipinski definition) is 1. The quantitative estimate of drug-likeness (QED) is 0.882. The molecule has 0 spiro atoms. The van der Waals surface area contributed by atoms with E-state index in [4.69, 9.17) is 4.74 Å². The zero-order chi connectivity index (χ0) is 16.9. The molecule has 2 rings (SSSR count). The lowest BCUT2D eigenvalue weighted by Gasteiger charge is -2.31. The van der Waals surface area contributed by atoms with Gasteiger partial charge in [0.25, 0.3) is 0 Å². The third kappa shape index (κ3) is 4.02. The van der Waals surface area contributed by atoms with E-state index in [9.17, 15) is 4.79 Å². The molecule has 0 saturated carbocycles. The van der Waals surface area contributed by atoms with E-state index in [-0.39, 0.29) is 6.03 Å². The van der Waals surface area contributed by atoms with Gasteiger partial charge in [0, 0.05) is 20.2 Å². The van der Waals surface area contributed by atoms with Crippen molar-refractivity contribution in [1.82, 2.24) is 10.2 Å². The molecule has 4 nitrogen and oxygen atoms in total. The maximum absolute atomic E-state index is 12.6. The maximum atomic E-state index is 12.6. The molecule has 4 heteroatoms. The van der Waals surface area contributed by atoms with E-state index >= 15 is 0 Å². The standard InChI is InChI=1S/C19H26N2O2/c1-5-21(13-14-23-4)18(22)20-19(2,3)17-12-8-10-15-9-6-7-11-16(15)17/h6-12H,5,13-14H2,1-4H3,(H,20,22). The van der Waals surface area contributed by atoms with Crippen molar-refractivity contribution in [3.8, 4) is 0 Å². The minimum Gasteiger partial charge on any atom is -0.383 e. The van der Waals surface area contributed by atoms with Gasteiger partial charge in [0.05, 0.1) is 12.1 Å².